The summed E-state index contributed by atoms with van der Waals surface area (Å²) in [6.07, 6.45) is -4.62. The molecule has 1 aromatic heterocycles. The van der Waals surface area contributed by atoms with Crippen LogP contribution in [0.4, 0.5) is 13.2 Å². The quantitative estimate of drug-likeness (QED) is 0.880. The number of imidazole rings is 1. The number of aromatic nitrogens is 2. The Hall–Kier alpha value is -1.56. The lowest BCUT2D eigenvalue weighted by atomic mass is 10.2. The van der Waals surface area contributed by atoms with Crippen molar-refractivity contribution < 1.29 is 17.9 Å². The first-order valence-corrected chi connectivity index (χ1v) is 5.01. The van der Waals surface area contributed by atoms with Crippen LogP contribution in [0.5, 0.6) is 0 Å². The van der Waals surface area contributed by atoms with Gasteiger partial charge in [-0.05, 0) is 25.1 Å². The van der Waals surface area contributed by atoms with Crippen LogP contribution in [0.1, 0.15) is 24.4 Å². The average Bonchev–Trinajstić information content (AvgIpc) is 2.69. The van der Waals surface area contributed by atoms with Crippen LogP contribution in [-0.4, -0.2) is 17.1 Å². The normalized spacial score (nSPS) is 14.2. The lowest BCUT2D eigenvalue weighted by Gasteiger charge is -2.05. The van der Waals surface area contributed by atoms with E-state index in [2.05, 4.69) is 9.97 Å². The number of ether oxygens (including phenoxy) is 1. The highest BCUT2D eigenvalue weighted by Gasteiger charge is 2.30. The summed E-state index contributed by atoms with van der Waals surface area (Å²) in [5.41, 5.74) is 0.167. The summed E-state index contributed by atoms with van der Waals surface area (Å²) in [4.78, 5) is 6.98. The highest BCUT2D eigenvalue weighted by atomic mass is 19.4. The Balaban J connectivity index is 2.48. The predicted molar refractivity (Wildman–Crippen MR) is 56.5 cm³/mol. The molecule has 2 rings (SSSR count). The van der Waals surface area contributed by atoms with E-state index in [-0.39, 0.29) is 6.10 Å². The molecule has 0 fully saturated rings. The predicted octanol–water partition coefficient (Wildman–Crippen LogP) is 3.29. The van der Waals surface area contributed by atoms with Crippen LogP contribution in [0.15, 0.2) is 18.2 Å². The number of aromatic amines is 1. The molecule has 0 aliphatic heterocycles. The number of rotatable bonds is 2. The fourth-order valence-electron chi connectivity index (χ4n) is 1.51. The van der Waals surface area contributed by atoms with E-state index in [1.165, 1.54) is 13.2 Å². The molecule has 0 radical (unpaired) electrons. The smallest absolute Gasteiger partial charge is 0.374 e. The number of alkyl halides is 3. The van der Waals surface area contributed by atoms with Crippen LogP contribution in [0, 0.1) is 0 Å². The van der Waals surface area contributed by atoms with E-state index in [4.69, 9.17) is 4.74 Å². The molecule has 1 N–H and O–H groups in total. The lowest BCUT2D eigenvalue weighted by molar-refractivity contribution is -0.137. The van der Waals surface area contributed by atoms with Crippen LogP contribution in [0.3, 0.4) is 0 Å². The second-order valence-corrected chi connectivity index (χ2v) is 3.73. The van der Waals surface area contributed by atoms with E-state index in [0.717, 1.165) is 12.1 Å². The Morgan fingerprint density at radius 2 is 2.06 bits per heavy atom. The van der Waals surface area contributed by atoms with Gasteiger partial charge in [0.2, 0.25) is 0 Å². The average molecular weight is 244 g/mol. The van der Waals surface area contributed by atoms with E-state index in [0.29, 0.717) is 16.9 Å². The van der Waals surface area contributed by atoms with Gasteiger partial charge in [0.05, 0.1) is 16.6 Å². The number of hydrogen-bond donors (Lipinski definition) is 1. The minimum absolute atomic E-state index is 0.281. The zero-order valence-corrected chi connectivity index (χ0v) is 9.30. The number of H-pyrrole nitrogens is 1. The third kappa shape index (κ3) is 2.26. The summed E-state index contributed by atoms with van der Waals surface area (Å²) in [5.74, 6) is 0.516. The third-order valence-corrected chi connectivity index (χ3v) is 2.57. The molecule has 1 unspecified atom stereocenters. The monoisotopic (exact) mass is 244 g/mol. The minimum atomic E-state index is -4.34. The van der Waals surface area contributed by atoms with Gasteiger partial charge in [0.15, 0.2) is 0 Å². The second-order valence-electron chi connectivity index (χ2n) is 3.73. The van der Waals surface area contributed by atoms with Crippen molar-refractivity contribution in [3.63, 3.8) is 0 Å². The van der Waals surface area contributed by atoms with Crippen molar-refractivity contribution in [1.29, 1.82) is 0 Å². The summed E-state index contributed by atoms with van der Waals surface area (Å²) in [5, 5.41) is 0. The molecule has 92 valence electrons. The van der Waals surface area contributed by atoms with Gasteiger partial charge < -0.3 is 9.72 Å². The van der Waals surface area contributed by atoms with Gasteiger partial charge in [0, 0.05) is 7.11 Å². The van der Waals surface area contributed by atoms with Crippen molar-refractivity contribution in [3.05, 3.63) is 29.6 Å². The van der Waals surface area contributed by atoms with Gasteiger partial charge in [-0.1, -0.05) is 0 Å². The SMILES string of the molecule is COC(C)c1nc2ccc(C(F)(F)F)cc2[nH]1. The van der Waals surface area contributed by atoms with Gasteiger partial charge in [-0.15, -0.1) is 0 Å². The lowest BCUT2D eigenvalue weighted by Crippen LogP contribution is -2.04. The molecule has 1 heterocycles. The van der Waals surface area contributed by atoms with E-state index in [1.807, 2.05) is 0 Å². The number of halogens is 3. The molecule has 0 spiro atoms. The summed E-state index contributed by atoms with van der Waals surface area (Å²) in [7, 11) is 1.51. The molecule has 1 atom stereocenters. The summed E-state index contributed by atoms with van der Waals surface area (Å²) in [6, 6.07) is 3.42. The molecule has 3 nitrogen and oxygen atoms in total. The maximum absolute atomic E-state index is 12.5. The van der Waals surface area contributed by atoms with Gasteiger partial charge in [-0.3, -0.25) is 0 Å². The van der Waals surface area contributed by atoms with Crippen LogP contribution >= 0.6 is 0 Å². The molecule has 6 heteroatoms. The van der Waals surface area contributed by atoms with Gasteiger partial charge in [0.25, 0.3) is 0 Å². The number of benzene rings is 1. The molecule has 0 aliphatic rings. The number of methoxy groups -OCH3 is 1. The summed E-state index contributed by atoms with van der Waals surface area (Å²) in [6.45, 7) is 1.77. The molecule has 2 aromatic rings. The Labute approximate surface area is 95.6 Å². The van der Waals surface area contributed by atoms with Crippen LogP contribution in [0.25, 0.3) is 11.0 Å². The largest absolute Gasteiger partial charge is 0.416 e. The maximum Gasteiger partial charge on any atom is 0.416 e. The fraction of sp³-hybridized carbons (Fsp3) is 0.364. The van der Waals surface area contributed by atoms with Gasteiger partial charge in [-0.2, -0.15) is 13.2 Å². The highest BCUT2D eigenvalue weighted by molar-refractivity contribution is 5.76. The summed E-state index contributed by atoms with van der Waals surface area (Å²) < 4.78 is 42.5. The molecule has 0 amide bonds. The van der Waals surface area contributed by atoms with Gasteiger partial charge >= 0.3 is 6.18 Å². The van der Waals surface area contributed by atoms with Gasteiger partial charge in [0.1, 0.15) is 11.9 Å². The molecule has 1 aromatic carbocycles. The van der Waals surface area contributed by atoms with Gasteiger partial charge in [-0.25, -0.2) is 4.98 Å². The number of hydrogen-bond acceptors (Lipinski definition) is 2. The molecule has 0 aliphatic carbocycles. The van der Waals surface area contributed by atoms with Crippen molar-refractivity contribution in [2.24, 2.45) is 0 Å². The molecular formula is C11H11F3N2O. The second kappa shape index (κ2) is 4.03. The Morgan fingerprint density at radius 1 is 1.35 bits per heavy atom. The molecule has 17 heavy (non-hydrogen) atoms. The number of nitrogens with one attached hydrogen (secondary N) is 1. The Kier molecular flexibility index (Phi) is 2.82. The first-order valence-electron chi connectivity index (χ1n) is 5.01. The number of fused-ring (bicyclic) bond motifs is 1. The highest BCUT2D eigenvalue weighted by Crippen LogP contribution is 2.31. The van der Waals surface area contributed by atoms with Crippen molar-refractivity contribution in [2.75, 3.05) is 7.11 Å². The van der Waals surface area contributed by atoms with E-state index in [1.54, 1.807) is 6.92 Å². The molecule has 0 saturated heterocycles. The molecule has 0 saturated carbocycles. The van der Waals surface area contributed by atoms with E-state index in [9.17, 15) is 13.2 Å². The Bertz CT molecular complexity index is 533. The maximum atomic E-state index is 12.5. The minimum Gasteiger partial charge on any atom is -0.374 e. The standard InChI is InChI=1S/C11H11F3N2O/c1-6(17-2)10-15-8-4-3-7(11(12,13)14)5-9(8)16-10/h3-6H,1-2H3,(H,15,16). The fourth-order valence-corrected chi connectivity index (χ4v) is 1.51. The molecular weight excluding hydrogens is 233 g/mol. The van der Waals surface area contributed by atoms with Crippen molar-refractivity contribution in [3.8, 4) is 0 Å². The van der Waals surface area contributed by atoms with Crippen molar-refractivity contribution in [1.82, 2.24) is 9.97 Å². The zero-order chi connectivity index (χ0) is 12.6. The zero-order valence-electron chi connectivity index (χ0n) is 9.30. The van der Waals surface area contributed by atoms with Crippen molar-refractivity contribution in [2.45, 2.75) is 19.2 Å². The summed E-state index contributed by atoms with van der Waals surface area (Å²) >= 11 is 0. The van der Waals surface area contributed by atoms with Crippen LogP contribution < -0.4 is 0 Å². The Morgan fingerprint density at radius 3 is 2.65 bits per heavy atom. The van der Waals surface area contributed by atoms with Crippen LogP contribution in [0.2, 0.25) is 0 Å². The van der Waals surface area contributed by atoms with Crippen molar-refractivity contribution >= 4 is 11.0 Å². The first kappa shape index (κ1) is 11.9. The number of nitrogens with zero attached hydrogens (tertiary/aromatic N) is 1. The topological polar surface area (TPSA) is 37.9 Å². The first-order chi connectivity index (χ1) is 7.91. The van der Waals surface area contributed by atoms with Crippen LogP contribution in [-0.2, 0) is 10.9 Å². The molecule has 0 bridgehead atoms. The van der Waals surface area contributed by atoms with E-state index < -0.39 is 11.7 Å². The third-order valence-electron chi connectivity index (χ3n) is 2.57. The van der Waals surface area contributed by atoms with E-state index >= 15 is 0 Å².